The van der Waals surface area contributed by atoms with Crippen LogP contribution in [0.15, 0.2) is 11.8 Å². The van der Waals surface area contributed by atoms with Crippen molar-refractivity contribution in [1.82, 2.24) is 4.90 Å². The highest BCUT2D eigenvalue weighted by atomic mass is 16.6. The van der Waals surface area contributed by atoms with E-state index >= 15 is 0 Å². The maximum atomic E-state index is 11.3. The normalized spacial score (nSPS) is 11.3. The highest BCUT2D eigenvalue weighted by molar-refractivity contribution is 5.94. The SMILES string of the molecule is CCN(CC)CCO/C(=C/C(=O)OC)C(=O)OC. The van der Waals surface area contributed by atoms with Crippen molar-refractivity contribution in [2.45, 2.75) is 13.8 Å². The quantitative estimate of drug-likeness (QED) is 0.361. The molecule has 0 saturated heterocycles. The smallest absolute Gasteiger partial charge is 0.373 e. The zero-order valence-electron chi connectivity index (χ0n) is 11.4. The van der Waals surface area contributed by atoms with Crippen LogP contribution in [0.3, 0.4) is 0 Å². The molecule has 0 aliphatic rings. The minimum atomic E-state index is -0.694. The summed E-state index contributed by atoms with van der Waals surface area (Å²) in [4.78, 5) is 24.5. The van der Waals surface area contributed by atoms with E-state index in [1.807, 2.05) is 13.8 Å². The first-order chi connectivity index (χ1) is 8.58. The predicted octanol–water partition coefficient (Wildman–Crippen LogP) is 0.575. The van der Waals surface area contributed by atoms with E-state index in [0.29, 0.717) is 13.2 Å². The van der Waals surface area contributed by atoms with Crippen molar-refractivity contribution in [1.29, 1.82) is 0 Å². The van der Waals surface area contributed by atoms with Gasteiger partial charge in [0, 0.05) is 6.54 Å². The van der Waals surface area contributed by atoms with Crippen LogP contribution in [-0.2, 0) is 23.8 Å². The summed E-state index contributed by atoms with van der Waals surface area (Å²) in [6.45, 7) is 6.84. The van der Waals surface area contributed by atoms with Gasteiger partial charge in [-0.15, -0.1) is 0 Å². The molecule has 0 radical (unpaired) electrons. The third kappa shape index (κ3) is 6.24. The average molecular weight is 259 g/mol. The molecule has 0 N–H and O–H groups in total. The summed E-state index contributed by atoms with van der Waals surface area (Å²) in [6, 6.07) is 0. The van der Waals surface area contributed by atoms with Gasteiger partial charge in [0.15, 0.2) is 0 Å². The zero-order chi connectivity index (χ0) is 14.0. The summed E-state index contributed by atoms with van der Waals surface area (Å²) in [5.41, 5.74) is 0. The van der Waals surface area contributed by atoms with Crippen LogP contribution in [-0.4, -0.2) is 57.3 Å². The molecular formula is C12H21NO5. The Hall–Kier alpha value is -1.56. The number of ether oxygens (including phenoxy) is 3. The van der Waals surface area contributed by atoms with E-state index in [9.17, 15) is 9.59 Å². The van der Waals surface area contributed by atoms with Gasteiger partial charge in [0.05, 0.1) is 20.3 Å². The van der Waals surface area contributed by atoms with Crippen LogP contribution in [0.5, 0.6) is 0 Å². The molecule has 18 heavy (non-hydrogen) atoms. The molecule has 0 fully saturated rings. The number of nitrogens with zero attached hydrogens (tertiary/aromatic N) is 1. The number of likely N-dealkylation sites (N-methyl/N-ethyl adjacent to an activating group) is 1. The van der Waals surface area contributed by atoms with E-state index in [0.717, 1.165) is 19.2 Å². The highest BCUT2D eigenvalue weighted by Crippen LogP contribution is 2.02. The lowest BCUT2D eigenvalue weighted by molar-refractivity contribution is -0.142. The van der Waals surface area contributed by atoms with Gasteiger partial charge in [-0.1, -0.05) is 13.8 Å². The lowest BCUT2D eigenvalue weighted by Gasteiger charge is -2.18. The fourth-order valence-corrected chi connectivity index (χ4v) is 1.25. The van der Waals surface area contributed by atoms with Crippen molar-refractivity contribution in [3.05, 3.63) is 11.8 Å². The topological polar surface area (TPSA) is 65.1 Å². The molecule has 0 bridgehead atoms. The molecule has 0 aromatic heterocycles. The second kappa shape index (κ2) is 9.47. The number of carbonyl (C=O) groups excluding carboxylic acids is 2. The van der Waals surface area contributed by atoms with Gasteiger partial charge in [-0.2, -0.15) is 0 Å². The van der Waals surface area contributed by atoms with E-state index in [1.165, 1.54) is 14.2 Å². The van der Waals surface area contributed by atoms with Gasteiger partial charge in [-0.05, 0) is 13.1 Å². The van der Waals surface area contributed by atoms with Crippen LogP contribution in [0.4, 0.5) is 0 Å². The lowest BCUT2D eigenvalue weighted by Crippen LogP contribution is -2.27. The molecular weight excluding hydrogens is 238 g/mol. The van der Waals surface area contributed by atoms with Crippen molar-refractivity contribution in [2.75, 3.05) is 40.5 Å². The van der Waals surface area contributed by atoms with Crippen LogP contribution in [0, 0.1) is 0 Å². The maximum absolute atomic E-state index is 11.3. The fourth-order valence-electron chi connectivity index (χ4n) is 1.25. The number of methoxy groups -OCH3 is 2. The van der Waals surface area contributed by atoms with E-state index in [-0.39, 0.29) is 5.76 Å². The first-order valence-electron chi connectivity index (χ1n) is 5.82. The molecule has 0 spiro atoms. The Balaban J connectivity index is 4.39. The number of rotatable bonds is 8. The molecule has 0 saturated carbocycles. The van der Waals surface area contributed by atoms with E-state index in [4.69, 9.17) is 4.74 Å². The molecule has 6 heteroatoms. The molecule has 0 heterocycles. The molecule has 0 unspecified atom stereocenters. The first kappa shape index (κ1) is 16.4. The number of hydrogen-bond acceptors (Lipinski definition) is 6. The van der Waals surface area contributed by atoms with Crippen molar-refractivity contribution in [3.8, 4) is 0 Å². The molecule has 0 atom stereocenters. The molecule has 6 nitrogen and oxygen atoms in total. The van der Waals surface area contributed by atoms with Crippen LogP contribution in [0.2, 0.25) is 0 Å². The highest BCUT2D eigenvalue weighted by Gasteiger charge is 2.14. The van der Waals surface area contributed by atoms with Gasteiger partial charge >= 0.3 is 11.9 Å². The van der Waals surface area contributed by atoms with Crippen LogP contribution >= 0.6 is 0 Å². The molecule has 0 aliphatic heterocycles. The Kier molecular flexibility index (Phi) is 8.65. The lowest BCUT2D eigenvalue weighted by atomic mass is 10.4. The van der Waals surface area contributed by atoms with Crippen molar-refractivity contribution in [3.63, 3.8) is 0 Å². The molecule has 104 valence electrons. The van der Waals surface area contributed by atoms with Crippen molar-refractivity contribution in [2.24, 2.45) is 0 Å². The van der Waals surface area contributed by atoms with Crippen molar-refractivity contribution >= 4 is 11.9 Å². The summed E-state index contributed by atoms with van der Waals surface area (Å²) < 4.78 is 14.2. The van der Waals surface area contributed by atoms with E-state index < -0.39 is 11.9 Å². The summed E-state index contributed by atoms with van der Waals surface area (Å²) in [5.74, 6) is -1.49. The number of hydrogen-bond donors (Lipinski definition) is 0. The van der Waals surface area contributed by atoms with Crippen LogP contribution < -0.4 is 0 Å². The van der Waals surface area contributed by atoms with Gasteiger partial charge < -0.3 is 19.1 Å². The van der Waals surface area contributed by atoms with Crippen molar-refractivity contribution < 1.29 is 23.8 Å². The van der Waals surface area contributed by atoms with Gasteiger partial charge in [0.25, 0.3) is 0 Å². The predicted molar refractivity (Wildman–Crippen MR) is 65.9 cm³/mol. The average Bonchev–Trinajstić information content (AvgIpc) is 2.41. The minimum absolute atomic E-state index is 0.142. The van der Waals surface area contributed by atoms with Crippen LogP contribution in [0.25, 0.3) is 0 Å². The largest absolute Gasteiger partial charge is 0.485 e. The Morgan fingerprint density at radius 3 is 2.17 bits per heavy atom. The third-order valence-electron chi connectivity index (χ3n) is 2.40. The van der Waals surface area contributed by atoms with E-state index in [2.05, 4.69) is 14.4 Å². The summed E-state index contributed by atoms with van der Waals surface area (Å²) in [6.07, 6.45) is 0.980. The Morgan fingerprint density at radius 1 is 1.11 bits per heavy atom. The summed E-state index contributed by atoms with van der Waals surface area (Å²) in [7, 11) is 2.45. The number of carbonyl (C=O) groups is 2. The van der Waals surface area contributed by atoms with Gasteiger partial charge in [0.1, 0.15) is 6.61 Å². The fraction of sp³-hybridized carbons (Fsp3) is 0.667. The van der Waals surface area contributed by atoms with Gasteiger partial charge in [-0.3, -0.25) is 0 Å². The maximum Gasteiger partial charge on any atom is 0.373 e. The summed E-state index contributed by atoms with van der Waals surface area (Å²) >= 11 is 0. The molecule has 0 amide bonds. The standard InChI is InChI=1S/C12H21NO5/c1-5-13(6-2)7-8-18-10(12(15)17-4)9-11(14)16-3/h9H,5-8H2,1-4H3/b10-9+. The Morgan fingerprint density at radius 2 is 1.72 bits per heavy atom. The molecule has 0 aromatic carbocycles. The monoisotopic (exact) mass is 259 g/mol. The zero-order valence-corrected chi connectivity index (χ0v) is 11.4. The van der Waals surface area contributed by atoms with Gasteiger partial charge in [-0.25, -0.2) is 9.59 Å². The Labute approximate surface area is 107 Å². The molecule has 0 rings (SSSR count). The second-order valence-electron chi connectivity index (χ2n) is 3.40. The first-order valence-corrected chi connectivity index (χ1v) is 5.82. The second-order valence-corrected chi connectivity index (χ2v) is 3.40. The third-order valence-corrected chi connectivity index (χ3v) is 2.40. The van der Waals surface area contributed by atoms with Gasteiger partial charge in [0.2, 0.25) is 5.76 Å². The Bertz CT molecular complexity index is 297. The summed E-state index contributed by atoms with van der Waals surface area (Å²) in [5, 5.41) is 0. The number of esters is 2. The van der Waals surface area contributed by atoms with E-state index in [1.54, 1.807) is 0 Å². The minimum Gasteiger partial charge on any atom is -0.485 e. The molecule has 0 aliphatic carbocycles. The van der Waals surface area contributed by atoms with Crippen LogP contribution in [0.1, 0.15) is 13.8 Å². The molecule has 0 aromatic rings.